The minimum atomic E-state index is 0.533. The Hall–Kier alpha value is -1.43. The fourth-order valence-electron chi connectivity index (χ4n) is 2.67. The SMILES string of the molecule is N#Cc1cc(C2CCCCC2)nc(C2CC2)n1. The van der Waals surface area contributed by atoms with Crippen LogP contribution in [0.3, 0.4) is 0 Å². The molecule has 0 aromatic carbocycles. The van der Waals surface area contributed by atoms with Crippen molar-refractivity contribution in [2.24, 2.45) is 0 Å². The van der Waals surface area contributed by atoms with E-state index >= 15 is 0 Å². The summed E-state index contributed by atoms with van der Waals surface area (Å²) in [5.41, 5.74) is 1.68. The molecule has 2 aliphatic carbocycles. The predicted octanol–water partition coefficient (Wildman–Crippen LogP) is 3.27. The molecular formula is C14H17N3. The number of hydrogen-bond acceptors (Lipinski definition) is 3. The highest BCUT2D eigenvalue weighted by Crippen LogP contribution is 2.39. The van der Waals surface area contributed by atoms with E-state index in [1.807, 2.05) is 6.07 Å². The first-order valence-corrected chi connectivity index (χ1v) is 6.66. The summed E-state index contributed by atoms with van der Waals surface area (Å²) in [6.07, 6.45) is 8.79. The van der Waals surface area contributed by atoms with Crippen LogP contribution in [0.2, 0.25) is 0 Å². The zero-order valence-electron chi connectivity index (χ0n) is 10.0. The Bertz CT molecular complexity index is 451. The van der Waals surface area contributed by atoms with Crippen molar-refractivity contribution < 1.29 is 0 Å². The van der Waals surface area contributed by atoms with Gasteiger partial charge in [0.25, 0.3) is 0 Å². The van der Waals surface area contributed by atoms with Gasteiger partial charge in [-0.3, -0.25) is 0 Å². The monoisotopic (exact) mass is 227 g/mol. The average molecular weight is 227 g/mol. The summed E-state index contributed by atoms with van der Waals surface area (Å²) < 4.78 is 0. The highest BCUT2D eigenvalue weighted by molar-refractivity contribution is 5.27. The molecule has 3 nitrogen and oxygen atoms in total. The van der Waals surface area contributed by atoms with Gasteiger partial charge >= 0.3 is 0 Å². The molecule has 0 amide bonds. The van der Waals surface area contributed by atoms with E-state index in [0.29, 0.717) is 17.5 Å². The van der Waals surface area contributed by atoms with Crippen LogP contribution >= 0.6 is 0 Å². The van der Waals surface area contributed by atoms with Gasteiger partial charge < -0.3 is 0 Å². The van der Waals surface area contributed by atoms with Crippen LogP contribution in [0.25, 0.3) is 0 Å². The molecule has 0 bridgehead atoms. The molecule has 0 radical (unpaired) electrons. The van der Waals surface area contributed by atoms with Crippen LogP contribution in [0, 0.1) is 11.3 Å². The second-order valence-electron chi connectivity index (χ2n) is 5.26. The Morgan fingerprint density at radius 1 is 1.00 bits per heavy atom. The Morgan fingerprint density at radius 2 is 1.76 bits per heavy atom. The molecule has 3 heteroatoms. The van der Waals surface area contributed by atoms with E-state index in [1.54, 1.807) is 0 Å². The lowest BCUT2D eigenvalue weighted by atomic mass is 9.86. The van der Waals surface area contributed by atoms with Gasteiger partial charge in [0, 0.05) is 17.5 Å². The lowest BCUT2D eigenvalue weighted by Gasteiger charge is -2.21. The Balaban J connectivity index is 1.91. The largest absolute Gasteiger partial charge is 0.237 e. The number of aromatic nitrogens is 2. The van der Waals surface area contributed by atoms with Gasteiger partial charge in [-0.2, -0.15) is 5.26 Å². The summed E-state index contributed by atoms with van der Waals surface area (Å²) in [5.74, 6) is 2.02. The van der Waals surface area contributed by atoms with Crippen molar-refractivity contribution in [1.29, 1.82) is 5.26 Å². The van der Waals surface area contributed by atoms with Crippen LogP contribution in [0.4, 0.5) is 0 Å². The first-order valence-electron chi connectivity index (χ1n) is 6.66. The molecule has 3 rings (SSSR count). The zero-order chi connectivity index (χ0) is 11.7. The maximum absolute atomic E-state index is 9.05. The number of hydrogen-bond donors (Lipinski definition) is 0. The third-order valence-electron chi connectivity index (χ3n) is 3.84. The van der Waals surface area contributed by atoms with Crippen molar-refractivity contribution in [3.63, 3.8) is 0 Å². The Morgan fingerprint density at radius 3 is 2.41 bits per heavy atom. The van der Waals surface area contributed by atoms with Gasteiger partial charge in [0.15, 0.2) is 0 Å². The van der Waals surface area contributed by atoms with Crippen LogP contribution in [-0.2, 0) is 0 Å². The maximum atomic E-state index is 9.05. The second-order valence-corrected chi connectivity index (χ2v) is 5.26. The van der Waals surface area contributed by atoms with Crippen molar-refractivity contribution in [3.05, 3.63) is 23.3 Å². The quantitative estimate of drug-likeness (QED) is 0.779. The van der Waals surface area contributed by atoms with Gasteiger partial charge in [0.1, 0.15) is 17.6 Å². The van der Waals surface area contributed by atoms with Crippen molar-refractivity contribution >= 4 is 0 Å². The minimum absolute atomic E-state index is 0.533. The molecule has 17 heavy (non-hydrogen) atoms. The molecule has 0 saturated heterocycles. The Labute approximate surface area is 102 Å². The van der Waals surface area contributed by atoms with E-state index in [2.05, 4.69) is 11.1 Å². The summed E-state index contributed by atoms with van der Waals surface area (Å²) in [6, 6.07) is 4.08. The van der Waals surface area contributed by atoms with E-state index in [-0.39, 0.29) is 0 Å². The predicted molar refractivity (Wildman–Crippen MR) is 64.5 cm³/mol. The molecule has 0 N–H and O–H groups in total. The average Bonchev–Trinajstić information content (AvgIpc) is 3.23. The smallest absolute Gasteiger partial charge is 0.144 e. The molecule has 88 valence electrons. The molecule has 0 spiro atoms. The third-order valence-corrected chi connectivity index (χ3v) is 3.84. The van der Waals surface area contributed by atoms with Crippen molar-refractivity contribution in [2.75, 3.05) is 0 Å². The summed E-state index contributed by atoms with van der Waals surface area (Å²) in [4.78, 5) is 9.04. The first-order chi connectivity index (χ1) is 8.36. The molecule has 1 heterocycles. The molecule has 2 aliphatic rings. The second kappa shape index (κ2) is 4.44. The van der Waals surface area contributed by atoms with Gasteiger partial charge in [-0.25, -0.2) is 9.97 Å². The minimum Gasteiger partial charge on any atom is -0.237 e. The highest BCUT2D eigenvalue weighted by atomic mass is 14.9. The molecule has 1 aromatic heterocycles. The molecular weight excluding hydrogens is 210 g/mol. The number of rotatable bonds is 2. The van der Waals surface area contributed by atoms with E-state index in [1.165, 1.54) is 44.9 Å². The van der Waals surface area contributed by atoms with Gasteiger partial charge in [0.2, 0.25) is 0 Å². The molecule has 2 fully saturated rings. The van der Waals surface area contributed by atoms with Crippen molar-refractivity contribution in [2.45, 2.75) is 56.8 Å². The number of nitrogens with zero attached hydrogens (tertiary/aromatic N) is 3. The molecule has 0 aliphatic heterocycles. The maximum Gasteiger partial charge on any atom is 0.144 e. The standard InChI is InChI=1S/C14H17N3/c15-9-12-8-13(10-4-2-1-3-5-10)17-14(16-12)11-6-7-11/h8,10-11H,1-7H2. The lowest BCUT2D eigenvalue weighted by molar-refractivity contribution is 0.435. The topological polar surface area (TPSA) is 49.6 Å². The first kappa shape index (κ1) is 10.7. The summed E-state index contributed by atoms with van der Waals surface area (Å²) in [7, 11) is 0. The highest BCUT2D eigenvalue weighted by Gasteiger charge is 2.28. The van der Waals surface area contributed by atoms with E-state index in [0.717, 1.165) is 11.5 Å². The van der Waals surface area contributed by atoms with Gasteiger partial charge in [0.05, 0.1) is 0 Å². The number of nitriles is 1. The van der Waals surface area contributed by atoms with Crippen molar-refractivity contribution in [3.8, 4) is 6.07 Å². The fourth-order valence-corrected chi connectivity index (χ4v) is 2.67. The van der Waals surface area contributed by atoms with Crippen molar-refractivity contribution in [1.82, 2.24) is 9.97 Å². The van der Waals surface area contributed by atoms with Crippen LogP contribution in [0.5, 0.6) is 0 Å². The lowest BCUT2D eigenvalue weighted by Crippen LogP contribution is -2.09. The van der Waals surface area contributed by atoms with Crippen LogP contribution in [0.15, 0.2) is 6.07 Å². The zero-order valence-corrected chi connectivity index (χ0v) is 10.0. The normalized spacial score (nSPS) is 21.1. The van der Waals surface area contributed by atoms with Gasteiger partial charge in [-0.15, -0.1) is 0 Å². The van der Waals surface area contributed by atoms with E-state index in [4.69, 9.17) is 10.2 Å². The molecule has 1 aromatic rings. The molecule has 0 atom stereocenters. The summed E-state index contributed by atoms with van der Waals surface area (Å²) in [6.45, 7) is 0. The summed E-state index contributed by atoms with van der Waals surface area (Å²) in [5, 5.41) is 9.05. The van der Waals surface area contributed by atoms with E-state index < -0.39 is 0 Å². The fraction of sp³-hybridized carbons (Fsp3) is 0.643. The van der Waals surface area contributed by atoms with Gasteiger partial charge in [-0.1, -0.05) is 19.3 Å². The van der Waals surface area contributed by atoms with E-state index in [9.17, 15) is 0 Å². The molecule has 0 unspecified atom stereocenters. The summed E-state index contributed by atoms with van der Waals surface area (Å²) >= 11 is 0. The molecule has 2 saturated carbocycles. The van der Waals surface area contributed by atoms with Crippen LogP contribution in [-0.4, -0.2) is 9.97 Å². The third kappa shape index (κ3) is 2.31. The van der Waals surface area contributed by atoms with Gasteiger partial charge in [-0.05, 0) is 31.7 Å². The Kier molecular flexibility index (Phi) is 2.80. The van der Waals surface area contributed by atoms with Crippen LogP contribution < -0.4 is 0 Å². The van der Waals surface area contributed by atoms with Crippen LogP contribution in [0.1, 0.15) is 74.0 Å².